The molecule has 8 nitrogen and oxygen atoms in total. The molecule has 0 bridgehead atoms. The second-order valence-electron chi connectivity index (χ2n) is 1.72. The van der Waals surface area contributed by atoms with E-state index in [-0.39, 0.29) is 12.4 Å². The van der Waals surface area contributed by atoms with Crippen molar-refractivity contribution in [2.24, 2.45) is 0 Å². The van der Waals surface area contributed by atoms with Crippen LogP contribution in [-0.4, -0.2) is 44.3 Å². The predicted octanol–water partition coefficient (Wildman–Crippen LogP) is -1.26. The van der Waals surface area contributed by atoms with Crippen LogP contribution in [0.4, 0.5) is 0 Å². The fourth-order valence-electron chi connectivity index (χ4n) is 0.214. The van der Waals surface area contributed by atoms with E-state index in [2.05, 4.69) is 0 Å². The fourth-order valence-corrected chi connectivity index (χ4v) is 0.214. The highest BCUT2D eigenvalue weighted by Gasteiger charge is 1.86. The van der Waals surface area contributed by atoms with Crippen molar-refractivity contribution in [3.63, 3.8) is 0 Å². The molecule has 92 valence electrons. The molecule has 0 radical (unpaired) electrons. The summed E-state index contributed by atoms with van der Waals surface area (Å²) in [5.74, 6) is -0.102. The number of hydrogen-bond acceptors (Lipinski definition) is 4. The molecule has 4 N–H and O–H groups in total. The van der Waals surface area contributed by atoms with Crippen molar-refractivity contribution < 1.29 is 39.6 Å². The van der Waals surface area contributed by atoms with Crippen LogP contribution in [0.1, 0.15) is 0 Å². The maximum absolute atomic E-state index is 9.47. The summed E-state index contributed by atoms with van der Waals surface area (Å²) in [5.41, 5.74) is 0. The first-order valence-corrected chi connectivity index (χ1v) is 3.21. The third-order valence-electron chi connectivity index (χ3n) is 0.553. The number of rotatable bonds is 0. The van der Waals surface area contributed by atoms with Crippen LogP contribution >= 0.6 is 12.4 Å². The van der Waals surface area contributed by atoms with Gasteiger partial charge in [0.25, 0.3) is 0 Å². The normalized spacial score (nSPS) is 6.12. The molecule has 0 rings (SSSR count). The van der Waals surface area contributed by atoms with Gasteiger partial charge in [-0.15, -0.1) is 12.4 Å². The van der Waals surface area contributed by atoms with Gasteiger partial charge in [-0.3, -0.25) is 0 Å². The lowest BCUT2D eigenvalue weighted by Gasteiger charge is -1.68. The fraction of sp³-hybridized carbons (Fsp3) is 0. The van der Waals surface area contributed by atoms with Gasteiger partial charge in [0.05, 0.1) is 0 Å². The maximum atomic E-state index is 9.47. The summed E-state index contributed by atoms with van der Waals surface area (Å²) in [5, 5.41) is 30.9. The lowest BCUT2D eigenvalue weighted by Crippen LogP contribution is -1.92. The summed E-state index contributed by atoms with van der Waals surface area (Å²) in [6, 6.07) is 0. The molecule has 0 aromatic carbocycles. The Kier molecular flexibility index (Phi) is 13.2. The van der Waals surface area contributed by atoms with E-state index in [1.165, 1.54) is 23.7 Å². The summed E-state index contributed by atoms with van der Waals surface area (Å²) in [6.45, 7) is 0. The highest BCUT2D eigenvalue weighted by molar-refractivity contribution is 5.96. The second-order valence-corrected chi connectivity index (χ2v) is 1.72. The van der Waals surface area contributed by atoms with Crippen LogP contribution in [0.15, 0.2) is 0 Å². The highest BCUT2D eigenvalue weighted by atomic mass is 35.5. The predicted molar refractivity (Wildman–Crippen MR) is 53.3 cm³/mol. The van der Waals surface area contributed by atoms with Gasteiger partial charge in [0.2, 0.25) is 0 Å². The van der Waals surface area contributed by atoms with E-state index in [9.17, 15) is 19.2 Å². The number of hydrogen-bond donors (Lipinski definition) is 4. The molecule has 0 amide bonds. The van der Waals surface area contributed by atoms with E-state index in [1.807, 2.05) is 0 Å². The monoisotopic (exact) mass is 264 g/mol. The molecule has 0 saturated heterocycles. The molecule has 9 heteroatoms. The zero-order valence-corrected chi connectivity index (χ0v) is 8.65. The minimum absolute atomic E-state index is 0. The molecular weight excluding hydrogens is 260 g/mol. The van der Waals surface area contributed by atoms with Gasteiger partial charge >= 0.3 is 23.9 Å². The molecule has 0 aliphatic heterocycles. The van der Waals surface area contributed by atoms with Crippen LogP contribution in [0.3, 0.4) is 0 Å². The number of aliphatic carboxylic acids is 4. The Bertz CT molecular complexity index is 352. The number of carboxylic acid groups (broad SMARTS) is 4. The Morgan fingerprint density at radius 1 is 0.529 bits per heavy atom. The largest absolute Gasteiger partial charge is 0.472 e. The molecular formula is C8H5ClO8. The number of carboxylic acids is 4. The van der Waals surface area contributed by atoms with Gasteiger partial charge < -0.3 is 20.4 Å². The Labute approximate surface area is 100 Å². The molecule has 0 fully saturated rings. The van der Waals surface area contributed by atoms with Gasteiger partial charge in [0.15, 0.2) is 0 Å². The smallest absolute Gasteiger partial charge is 0.382 e. The average Bonchev–Trinajstić information content (AvgIpc) is 2.12. The molecule has 0 unspecified atom stereocenters. The molecule has 0 aromatic rings. The lowest BCUT2D eigenvalue weighted by molar-refractivity contribution is -0.132. The van der Waals surface area contributed by atoms with Gasteiger partial charge in [-0.2, -0.15) is 0 Å². The first kappa shape index (κ1) is 19.8. The molecule has 0 spiro atoms. The van der Waals surface area contributed by atoms with E-state index in [0.29, 0.717) is 0 Å². The van der Waals surface area contributed by atoms with Gasteiger partial charge in [-0.25, -0.2) is 19.2 Å². The third kappa shape index (κ3) is 31.9. The molecule has 0 heterocycles. The lowest BCUT2D eigenvalue weighted by atomic mass is 10.6. The van der Waals surface area contributed by atoms with Crippen LogP contribution in [0.2, 0.25) is 0 Å². The van der Waals surface area contributed by atoms with E-state index < -0.39 is 23.9 Å². The Morgan fingerprint density at radius 3 is 0.706 bits per heavy atom. The van der Waals surface area contributed by atoms with Crippen molar-refractivity contribution in [3.8, 4) is 23.7 Å². The van der Waals surface area contributed by atoms with Crippen molar-refractivity contribution in [3.05, 3.63) is 0 Å². The Balaban J connectivity index is -0.000000218. The average molecular weight is 265 g/mol. The first-order chi connectivity index (χ1) is 7.25. The first-order valence-electron chi connectivity index (χ1n) is 3.21. The highest BCUT2D eigenvalue weighted by Crippen LogP contribution is 1.58. The summed E-state index contributed by atoms with van der Waals surface area (Å²) in [7, 11) is 0. The quantitative estimate of drug-likeness (QED) is 0.396. The molecule has 0 atom stereocenters. The zero-order chi connectivity index (χ0) is 13.1. The number of halogens is 1. The van der Waals surface area contributed by atoms with Crippen LogP contribution in [-0.2, 0) is 19.2 Å². The molecule has 0 aromatic heterocycles. The maximum Gasteiger partial charge on any atom is 0.382 e. The van der Waals surface area contributed by atoms with Crippen molar-refractivity contribution in [2.75, 3.05) is 0 Å². The van der Waals surface area contributed by atoms with Gasteiger partial charge in [0.1, 0.15) is 0 Å². The molecule has 0 saturated carbocycles. The topological polar surface area (TPSA) is 149 Å². The SMILES string of the molecule is Cl.O=C(O)C#CC(=O)O.O=C(O)C#CC(=O)O. The summed E-state index contributed by atoms with van der Waals surface area (Å²) >= 11 is 0. The van der Waals surface area contributed by atoms with Crippen molar-refractivity contribution in [1.82, 2.24) is 0 Å². The van der Waals surface area contributed by atoms with E-state index >= 15 is 0 Å². The van der Waals surface area contributed by atoms with E-state index in [0.717, 1.165) is 0 Å². The van der Waals surface area contributed by atoms with Gasteiger partial charge in [-0.1, -0.05) is 0 Å². The van der Waals surface area contributed by atoms with Crippen molar-refractivity contribution in [1.29, 1.82) is 0 Å². The summed E-state index contributed by atoms with van der Waals surface area (Å²) in [6.07, 6.45) is 0. The van der Waals surface area contributed by atoms with Crippen LogP contribution in [0, 0.1) is 23.7 Å². The van der Waals surface area contributed by atoms with Gasteiger partial charge in [0, 0.05) is 23.7 Å². The van der Waals surface area contributed by atoms with Gasteiger partial charge in [-0.05, 0) is 0 Å². The van der Waals surface area contributed by atoms with Crippen molar-refractivity contribution >= 4 is 36.3 Å². The molecule has 17 heavy (non-hydrogen) atoms. The summed E-state index contributed by atoms with van der Waals surface area (Å²) < 4.78 is 0. The Morgan fingerprint density at radius 2 is 0.647 bits per heavy atom. The third-order valence-corrected chi connectivity index (χ3v) is 0.553. The van der Waals surface area contributed by atoms with Crippen LogP contribution < -0.4 is 0 Å². The zero-order valence-electron chi connectivity index (χ0n) is 7.83. The Hall–Kier alpha value is -2.71. The second kappa shape index (κ2) is 11.4. The summed E-state index contributed by atoms with van der Waals surface area (Å²) in [4.78, 5) is 37.9. The van der Waals surface area contributed by atoms with E-state index in [1.54, 1.807) is 0 Å². The van der Waals surface area contributed by atoms with Crippen LogP contribution in [0.5, 0.6) is 0 Å². The number of carbonyl (C=O) groups is 4. The standard InChI is InChI=1S/2C4H2O4.ClH/c2*5-3(6)1-2-4(7)8;/h2*(H,5,6)(H,7,8);1H. The molecule has 0 aliphatic carbocycles. The van der Waals surface area contributed by atoms with E-state index in [4.69, 9.17) is 20.4 Å². The van der Waals surface area contributed by atoms with Crippen LogP contribution in [0.25, 0.3) is 0 Å². The molecule has 0 aliphatic rings. The minimum Gasteiger partial charge on any atom is -0.472 e. The minimum atomic E-state index is -1.44. The van der Waals surface area contributed by atoms with Crippen molar-refractivity contribution in [2.45, 2.75) is 0 Å².